The summed E-state index contributed by atoms with van der Waals surface area (Å²) in [6.45, 7) is 4.73. The highest BCUT2D eigenvalue weighted by molar-refractivity contribution is 7.13. The largest absolute Gasteiger partial charge is 0.338 e. The van der Waals surface area contributed by atoms with E-state index in [9.17, 15) is 9.59 Å². The zero-order chi connectivity index (χ0) is 17.4. The highest BCUT2D eigenvalue weighted by Gasteiger charge is 2.27. The van der Waals surface area contributed by atoms with Gasteiger partial charge >= 0.3 is 6.03 Å². The Hall–Kier alpha value is -1.63. The molecule has 2 rings (SSSR count). The van der Waals surface area contributed by atoms with Crippen molar-refractivity contribution in [2.45, 2.75) is 64.8 Å². The highest BCUT2D eigenvalue weighted by Crippen LogP contribution is 2.23. The third-order valence-corrected chi connectivity index (χ3v) is 5.14. The summed E-state index contributed by atoms with van der Waals surface area (Å²) in [4.78, 5) is 30.8. The summed E-state index contributed by atoms with van der Waals surface area (Å²) >= 11 is 1.40. The second-order valence-electron chi connectivity index (χ2n) is 6.35. The van der Waals surface area contributed by atoms with Crippen LogP contribution in [0.4, 0.5) is 9.93 Å². The summed E-state index contributed by atoms with van der Waals surface area (Å²) < 4.78 is 0. The Balaban J connectivity index is 1.95. The topological polar surface area (TPSA) is 74.3 Å². The minimum absolute atomic E-state index is 0.0846. The standard InChI is InChI=1S/C17H28N4O2S/c1-3-4-10-18-17(23)21(14-8-6-5-7-9-14)11-15(22)20-16-19-13(2)12-24-16/h12,14H,3-11H2,1-2H3,(H,18,23)(H,19,20,22). The summed E-state index contributed by atoms with van der Waals surface area (Å²) in [5.74, 6) is -0.180. The number of aromatic nitrogens is 1. The summed E-state index contributed by atoms with van der Waals surface area (Å²) in [5.41, 5.74) is 0.886. The van der Waals surface area contributed by atoms with Gasteiger partial charge in [-0.1, -0.05) is 32.6 Å². The number of carbonyl (C=O) groups excluding carboxylic acids is 2. The quantitative estimate of drug-likeness (QED) is 0.737. The Kier molecular flexibility index (Phi) is 7.49. The van der Waals surface area contributed by atoms with Gasteiger partial charge in [0.05, 0.1) is 5.69 Å². The van der Waals surface area contributed by atoms with E-state index in [1.807, 2.05) is 12.3 Å². The molecular formula is C17H28N4O2S. The lowest BCUT2D eigenvalue weighted by Crippen LogP contribution is -2.50. The first-order chi connectivity index (χ1) is 11.6. The zero-order valence-electron chi connectivity index (χ0n) is 14.6. The number of unbranched alkanes of at least 4 members (excludes halogenated alkanes) is 1. The first-order valence-corrected chi connectivity index (χ1v) is 9.74. The SMILES string of the molecule is CCCCNC(=O)N(CC(=O)Nc1nc(C)cs1)C1CCCCC1. The third kappa shape index (κ3) is 5.78. The van der Waals surface area contributed by atoms with Crippen LogP contribution in [-0.4, -0.2) is 41.0 Å². The number of aryl methyl sites for hydroxylation is 1. The molecule has 1 aromatic rings. The van der Waals surface area contributed by atoms with Gasteiger partial charge in [-0.3, -0.25) is 4.79 Å². The maximum Gasteiger partial charge on any atom is 0.318 e. The zero-order valence-corrected chi connectivity index (χ0v) is 15.5. The number of hydrogen-bond donors (Lipinski definition) is 2. The average Bonchev–Trinajstić information content (AvgIpc) is 2.98. The molecule has 1 saturated carbocycles. The minimum atomic E-state index is -0.180. The molecule has 134 valence electrons. The lowest BCUT2D eigenvalue weighted by molar-refractivity contribution is -0.117. The summed E-state index contributed by atoms with van der Waals surface area (Å²) in [6.07, 6.45) is 7.40. The van der Waals surface area contributed by atoms with Crippen LogP contribution in [-0.2, 0) is 4.79 Å². The molecule has 3 amide bonds. The lowest BCUT2D eigenvalue weighted by Gasteiger charge is -2.33. The molecule has 7 heteroatoms. The Morgan fingerprint density at radius 2 is 2.08 bits per heavy atom. The van der Waals surface area contributed by atoms with Gasteiger partial charge in [-0.2, -0.15) is 0 Å². The van der Waals surface area contributed by atoms with Crippen LogP contribution in [0.2, 0.25) is 0 Å². The molecule has 6 nitrogen and oxygen atoms in total. The smallest absolute Gasteiger partial charge is 0.318 e. The van der Waals surface area contributed by atoms with Crippen molar-refractivity contribution in [3.05, 3.63) is 11.1 Å². The molecular weight excluding hydrogens is 324 g/mol. The van der Waals surface area contributed by atoms with Crippen molar-refractivity contribution in [1.29, 1.82) is 0 Å². The number of amides is 3. The van der Waals surface area contributed by atoms with E-state index < -0.39 is 0 Å². The van der Waals surface area contributed by atoms with Gasteiger partial charge < -0.3 is 15.5 Å². The van der Waals surface area contributed by atoms with Crippen molar-refractivity contribution < 1.29 is 9.59 Å². The molecule has 1 aromatic heterocycles. The van der Waals surface area contributed by atoms with Gasteiger partial charge in [0.15, 0.2) is 5.13 Å². The normalized spacial score (nSPS) is 15.1. The molecule has 1 heterocycles. The van der Waals surface area contributed by atoms with Crippen molar-refractivity contribution in [3.63, 3.8) is 0 Å². The lowest BCUT2D eigenvalue weighted by atomic mass is 9.94. The molecule has 0 radical (unpaired) electrons. The van der Waals surface area contributed by atoms with Gasteiger partial charge in [0.1, 0.15) is 6.54 Å². The summed E-state index contributed by atoms with van der Waals surface area (Å²) in [7, 11) is 0. The van der Waals surface area contributed by atoms with E-state index in [0.717, 1.165) is 44.2 Å². The first-order valence-electron chi connectivity index (χ1n) is 8.86. The number of nitrogens with zero attached hydrogens (tertiary/aromatic N) is 2. The number of anilines is 1. The first kappa shape index (κ1) is 18.7. The Morgan fingerprint density at radius 1 is 1.33 bits per heavy atom. The van der Waals surface area contributed by atoms with Crippen molar-refractivity contribution in [3.8, 4) is 0 Å². The van der Waals surface area contributed by atoms with E-state index in [1.54, 1.807) is 4.90 Å². The van der Waals surface area contributed by atoms with Crippen LogP contribution in [0.15, 0.2) is 5.38 Å². The molecule has 1 aliphatic rings. The number of nitrogens with one attached hydrogen (secondary N) is 2. The molecule has 0 aromatic carbocycles. The summed E-state index contributed by atoms with van der Waals surface area (Å²) in [5, 5.41) is 8.23. The number of hydrogen-bond acceptors (Lipinski definition) is 4. The molecule has 1 aliphatic carbocycles. The third-order valence-electron chi connectivity index (χ3n) is 4.26. The maximum atomic E-state index is 12.5. The van der Waals surface area contributed by atoms with Crippen LogP contribution in [0.1, 0.15) is 57.6 Å². The Morgan fingerprint density at radius 3 is 2.71 bits per heavy atom. The van der Waals surface area contributed by atoms with Gasteiger partial charge in [-0.25, -0.2) is 9.78 Å². The van der Waals surface area contributed by atoms with Crippen molar-refractivity contribution in [2.75, 3.05) is 18.4 Å². The molecule has 0 aliphatic heterocycles. The summed E-state index contributed by atoms with van der Waals surface area (Å²) in [6, 6.07) is 0.0324. The van der Waals surface area contributed by atoms with Crippen LogP contribution >= 0.6 is 11.3 Å². The monoisotopic (exact) mass is 352 g/mol. The Bertz CT molecular complexity index is 540. The minimum Gasteiger partial charge on any atom is -0.338 e. The van der Waals surface area contributed by atoms with E-state index in [0.29, 0.717) is 11.7 Å². The average molecular weight is 353 g/mol. The van der Waals surface area contributed by atoms with Gasteiger partial charge in [0.25, 0.3) is 0 Å². The van der Waals surface area contributed by atoms with Crippen LogP contribution < -0.4 is 10.6 Å². The fourth-order valence-corrected chi connectivity index (χ4v) is 3.66. The van der Waals surface area contributed by atoms with Crippen molar-refractivity contribution in [2.24, 2.45) is 0 Å². The fraction of sp³-hybridized carbons (Fsp3) is 0.706. The molecule has 2 N–H and O–H groups in total. The second-order valence-corrected chi connectivity index (χ2v) is 7.21. The molecule has 0 atom stereocenters. The maximum absolute atomic E-state index is 12.5. The predicted octanol–water partition coefficient (Wildman–Crippen LogP) is 3.53. The molecule has 0 unspecified atom stereocenters. The van der Waals surface area contributed by atoms with E-state index >= 15 is 0 Å². The van der Waals surface area contributed by atoms with E-state index in [1.165, 1.54) is 17.8 Å². The van der Waals surface area contributed by atoms with Gasteiger partial charge in [0.2, 0.25) is 5.91 Å². The van der Waals surface area contributed by atoms with Crippen molar-refractivity contribution >= 4 is 28.4 Å². The molecule has 0 spiro atoms. The predicted molar refractivity (Wildman–Crippen MR) is 97.4 cm³/mol. The van der Waals surface area contributed by atoms with Crippen LogP contribution in [0.3, 0.4) is 0 Å². The van der Waals surface area contributed by atoms with Crippen LogP contribution in [0.25, 0.3) is 0 Å². The van der Waals surface area contributed by atoms with E-state index in [4.69, 9.17) is 0 Å². The Labute approximate surface area is 148 Å². The van der Waals surface area contributed by atoms with E-state index in [-0.39, 0.29) is 24.5 Å². The van der Waals surface area contributed by atoms with Crippen LogP contribution in [0.5, 0.6) is 0 Å². The molecule has 0 saturated heterocycles. The van der Waals surface area contributed by atoms with E-state index in [2.05, 4.69) is 22.5 Å². The van der Waals surface area contributed by atoms with Crippen LogP contribution in [0, 0.1) is 6.92 Å². The molecule has 1 fully saturated rings. The van der Waals surface area contributed by atoms with Gasteiger partial charge in [-0.15, -0.1) is 11.3 Å². The van der Waals surface area contributed by atoms with Gasteiger partial charge in [-0.05, 0) is 26.2 Å². The number of carbonyl (C=O) groups is 2. The second kappa shape index (κ2) is 9.61. The van der Waals surface area contributed by atoms with Gasteiger partial charge in [0, 0.05) is 18.0 Å². The van der Waals surface area contributed by atoms with Crippen molar-refractivity contribution in [1.82, 2.24) is 15.2 Å². The molecule has 0 bridgehead atoms. The highest BCUT2D eigenvalue weighted by atomic mass is 32.1. The molecule has 24 heavy (non-hydrogen) atoms. The number of rotatable bonds is 7. The fourth-order valence-electron chi connectivity index (χ4n) is 2.96. The number of thiazole rings is 1. The number of urea groups is 1.